The number of hydrogen-bond acceptors (Lipinski definition) is 4. The Morgan fingerprint density at radius 1 is 1.44 bits per heavy atom. The molecule has 1 aliphatic rings. The van der Waals surface area contributed by atoms with Gasteiger partial charge in [0.2, 0.25) is 5.13 Å². The van der Waals surface area contributed by atoms with Gasteiger partial charge in [0.1, 0.15) is 5.01 Å². The molecule has 1 aromatic heterocycles. The van der Waals surface area contributed by atoms with E-state index >= 15 is 0 Å². The number of rotatable bonds is 5. The lowest BCUT2D eigenvalue weighted by molar-refractivity contribution is 0.253. The van der Waals surface area contributed by atoms with Gasteiger partial charge in [-0.3, -0.25) is 5.32 Å². The third kappa shape index (κ3) is 3.80. The Morgan fingerprint density at radius 3 is 2.94 bits per heavy atom. The van der Waals surface area contributed by atoms with Crippen LogP contribution in [0, 0.1) is 5.92 Å². The largest absolute Gasteiger partial charge is 0.334 e. The second-order valence-electron chi connectivity index (χ2n) is 4.48. The number of aromatic nitrogens is 2. The lowest BCUT2D eigenvalue weighted by Gasteiger charge is -2.03. The predicted molar refractivity (Wildman–Crippen MR) is 72.8 cm³/mol. The van der Waals surface area contributed by atoms with Crippen LogP contribution >= 0.6 is 11.3 Å². The average Bonchev–Trinajstić information content (AvgIpc) is 2.99. The van der Waals surface area contributed by atoms with Crippen molar-refractivity contribution < 1.29 is 4.79 Å². The molecule has 1 heterocycles. The second-order valence-corrected chi connectivity index (χ2v) is 5.54. The van der Waals surface area contributed by atoms with Gasteiger partial charge in [-0.15, -0.1) is 16.8 Å². The number of hydrogen-bond donors (Lipinski definition) is 2. The van der Waals surface area contributed by atoms with Gasteiger partial charge in [0.05, 0.1) is 0 Å². The lowest BCUT2D eigenvalue weighted by atomic mass is 10.1. The highest BCUT2D eigenvalue weighted by Gasteiger charge is 2.17. The number of urea groups is 1. The molecule has 0 aliphatic heterocycles. The van der Waals surface area contributed by atoms with Crippen molar-refractivity contribution in [2.75, 3.05) is 11.9 Å². The summed E-state index contributed by atoms with van der Waals surface area (Å²) in [6.45, 7) is 3.98. The van der Waals surface area contributed by atoms with Crippen molar-refractivity contribution >= 4 is 22.5 Å². The Hall–Kier alpha value is -1.43. The summed E-state index contributed by atoms with van der Waals surface area (Å²) in [4.78, 5) is 11.4. The fraction of sp³-hybridized carbons (Fsp3) is 0.583. The van der Waals surface area contributed by atoms with Crippen LogP contribution < -0.4 is 10.6 Å². The Morgan fingerprint density at radius 2 is 2.22 bits per heavy atom. The monoisotopic (exact) mass is 266 g/mol. The Balaban J connectivity index is 1.81. The molecule has 2 N–H and O–H groups in total. The molecule has 1 aliphatic carbocycles. The normalized spacial score (nSPS) is 15.6. The molecule has 0 spiro atoms. The van der Waals surface area contributed by atoms with E-state index in [0.717, 1.165) is 17.3 Å². The summed E-state index contributed by atoms with van der Waals surface area (Å²) >= 11 is 1.46. The van der Waals surface area contributed by atoms with Crippen LogP contribution in [0.4, 0.5) is 9.93 Å². The molecule has 1 aromatic rings. The topological polar surface area (TPSA) is 66.9 Å². The standard InChI is InChI=1S/C12H18N4OS/c1-2-7-13-11(17)14-12-16-15-10(18-12)8-9-5-3-4-6-9/h2,9H,1,3-8H2,(H2,13,14,16,17). The van der Waals surface area contributed by atoms with Gasteiger partial charge < -0.3 is 5.32 Å². The molecule has 18 heavy (non-hydrogen) atoms. The van der Waals surface area contributed by atoms with Crippen molar-refractivity contribution in [2.24, 2.45) is 5.92 Å². The first-order valence-corrected chi connectivity index (χ1v) is 7.07. The molecule has 0 saturated heterocycles. The molecular weight excluding hydrogens is 248 g/mol. The van der Waals surface area contributed by atoms with Gasteiger partial charge >= 0.3 is 6.03 Å². The van der Waals surface area contributed by atoms with Gasteiger partial charge in [-0.05, 0) is 5.92 Å². The van der Waals surface area contributed by atoms with Gasteiger partial charge in [0, 0.05) is 13.0 Å². The zero-order chi connectivity index (χ0) is 12.8. The summed E-state index contributed by atoms with van der Waals surface area (Å²) in [5.41, 5.74) is 0. The quantitative estimate of drug-likeness (QED) is 0.805. The minimum atomic E-state index is -0.265. The molecule has 0 bridgehead atoms. The van der Waals surface area contributed by atoms with Gasteiger partial charge in [-0.1, -0.05) is 43.1 Å². The van der Waals surface area contributed by atoms with Crippen LogP contribution in [-0.4, -0.2) is 22.8 Å². The van der Waals surface area contributed by atoms with Crippen molar-refractivity contribution in [3.8, 4) is 0 Å². The van der Waals surface area contributed by atoms with Crippen LogP contribution in [0.2, 0.25) is 0 Å². The molecule has 98 valence electrons. The van der Waals surface area contributed by atoms with Gasteiger partial charge in [0.25, 0.3) is 0 Å². The van der Waals surface area contributed by atoms with E-state index in [4.69, 9.17) is 0 Å². The minimum Gasteiger partial charge on any atom is -0.334 e. The van der Waals surface area contributed by atoms with E-state index in [9.17, 15) is 4.79 Å². The van der Waals surface area contributed by atoms with E-state index in [-0.39, 0.29) is 6.03 Å². The zero-order valence-electron chi connectivity index (χ0n) is 10.3. The number of carbonyl (C=O) groups excluding carboxylic acids is 1. The van der Waals surface area contributed by atoms with Crippen LogP contribution in [0.25, 0.3) is 0 Å². The summed E-state index contributed by atoms with van der Waals surface area (Å²) in [7, 11) is 0. The van der Waals surface area contributed by atoms with E-state index in [1.165, 1.54) is 37.0 Å². The van der Waals surface area contributed by atoms with Crippen molar-refractivity contribution in [1.82, 2.24) is 15.5 Å². The van der Waals surface area contributed by atoms with E-state index < -0.39 is 0 Å². The first kappa shape index (κ1) is 13.0. The smallest absolute Gasteiger partial charge is 0.321 e. The van der Waals surface area contributed by atoms with Gasteiger partial charge in [0.15, 0.2) is 0 Å². The molecule has 2 amide bonds. The molecule has 0 aromatic carbocycles. The zero-order valence-corrected chi connectivity index (χ0v) is 11.1. The summed E-state index contributed by atoms with van der Waals surface area (Å²) in [5.74, 6) is 0.750. The number of nitrogens with zero attached hydrogens (tertiary/aromatic N) is 2. The van der Waals surface area contributed by atoms with E-state index in [1.807, 2.05) is 0 Å². The van der Waals surface area contributed by atoms with E-state index in [2.05, 4.69) is 27.4 Å². The average molecular weight is 266 g/mol. The predicted octanol–water partition coefficient (Wildman–Crippen LogP) is 2.58. The SMILES string of the molecule is C=CCNC(=O)Nc1nnc(CC2CCCC2)s1. The highest BCUT2D eigenvalue weighted by atomic mass is 32.1. The van der Waals surface area contributed by atoms with E-state index in [1.54, 1.807) is 6.08 Å². The van der Waals surface area contributed by atoms with Crippen LogP contribution in [-0.2, 0) is 6.42 Å². The summed E-state index contributed by atoms with van der Waals surface area (Å²) in [5, 5.41) is 15.0. The van der Waals surface area contributed by atoms with E-state index in [0.29, 0.717) is 11.7 Å². The molecular formula is C12H18N4OS. The Bertz CT molecular complexity index is 412. The fourth-order valence-electron chi connectivity index (χ4n) is 2.15. The number of carbonyl (C=O) groups is 1. The van der Waals surface area contributed by atoms with Crippen LogP contribution in [0.15, 0.2) is 12.7 Å². The molecule has 1 saturated carbocycles. The molecule has 0 atom stereocenters. The van der Waals surface area contributed by atoms with Gasteiger partial charge in [-0.2, -0.15) is 0 Å². The number of anilines is 1. The van der Waals surface area contributed by atoms with Gasteiger partial charge in [-0.25, -0.2) is 4.79 Å². The maximum Gasteiger partial charge on any atom is 0.321 e. The van der Waals surface area contributed by atoms with Crippen molar-refractivity contribution in [3.63, 3.8) is 0 Å². The van der Waals surface area contributed by atoms with Crippen LogP contribution in [0.3, 0.4) is 0 Å². The summed E-state index contributed by atoms with van der Waals surface area (Å²) in [6, 6.07) is -0.265. The first-order valence-electron chi connectivity index (χ1n) is 6.26. The van der Waals surface area contributed by atoms with Crippen molar-refractivity contribution in [1.29, 1.82) is 0 Å². The molecule has 1 fully saturated rings. The minimum absolute atomic E-state index is 0.265. The maximum absolute atomic E-state index is 11.4. The summed E-state index contributed by atoms with van der Waals surface area (Å²) < 4.78 is 0. The van der Waals surface area contributed by atoms with Crippen molar-refractivity contribution in [2.45, 2.75) is 32.1 Å². The first-order chi connectivity index (χ1) is 8.78. The van der Waals surface area contributed by atoms with Crippen LogP contribution in [0.5, 0.6) is 0 Å². The molecule has 0 unspecified atom stereocenters. The molecule has 0 radical (unpaired) electrons. The molecule has 6 heteroatoms. The Labute approximate surface area is 111 Å². The summed E-state index contributed by atoms with van der Waals surface area (Å²) in [6.07, 6.45) is 7.88. The number of amides is 2. The fourth-order valence-corrected chi connectivity index (χ4v) is 3.00. The second kappa shape index (κ2) is 6.49. The van der Waals surface area contributed by atoms with Crippen molar-refractivity contribution in [3.05, 3.63) is 17.7 Å². The molecule has 2 rings (SSSR count). The molecule has 5 nitrogen and oxygen atoms in total. The third-order valence-electron chi connectivity index (χ3n) is 3.03. The lowest BCUT2D eigenvalue weighted by Crippen LogP contribution is -2.28. The Kier molecular flexibility index (Phi) is 4.69. The third-order valence-corrected chi connectivity index (χ3v) is 3.89. The highest BCUT2D eigenvalue weighted by Crippen LogP contribution is 2.29. The maximum atomic E-state index is 11.4. The highest BCUT2D eigenvalue weighted by molar-refractivity contribution is 7.15. The van der Waals surface area contributed by atoms with Crippen LogP contribution in [0.1, 0.15) is 30.7 Å². The number of nitrogens with one attached hydrogen (secondary N) is 2.